The zero-order valence-electron chi connectivity index (χ0n) is 10.3. The van der Waals surface area contributed by atoms with Crippen LogP contribution in [0.15, 0.2) is 36.4 Å². The second kappa shape index (κ2) is 5.40. The first-order chi connectivity index (χ1) is 9.50. The van der Waals surface area contributed by atoms with E-state index in [1.54, 1.807) is 24.3 Å². The van der Waals surface area contributed by atoms with Crippen LogP contribution in [0.25, 0.3) is 10.8 Å². The first-order valence-corrected chi connectivity index (χ1v) is 5.75. The second-order valence-corrected chi connectivity index (χ2v) is 4.09. The molecule has 102 valence electrons. The summed E-state index contributed by atoms with van der Waals surface area (Å²) in [4.78, 5) is 33.7. The smallest absolute Gasteiger partial charge is 0.336 e. The molecule has 0 spiro atoms. The van der Waals surface area contributed by atoms with Crippen molar-refractivity contribution in [1.29, 1.82) is 0 Å². The van der Waals surface area contributed by atoms with Crippen molar-refractivity contribution < 1.29 is 24.6 Å². The van der Waals surface area contributed by atoms with Crippen LogP contribution in [0.5, 0.6) is 0 Å². The molecule has 20 heavy (non-hydrogen) atoms. The third-order valence-electron chi connectivity index (χ3n) is 2.78. The van der Waals surface area contributed by atoms with Crippen molar-refractivity contribution in [2.75, 3.05) is 6.54 Å². The second-order valence-electron chi connectivity index (χ2n) is 4.09. The number of carbonyl (C=O) groups excluding carboxylic acids is 1. The average Bonchev–Trinajstić information content (AvgIpc) is 2.43. The summed E-state index contributed by atoms with van der Waals surface area (Å²) in [7, 11) is 0. The minimum absolute atomic E-state index is 0.00331. The van der Waals surface area contributed by atoms with Crippen LogP contribution in [0.1, 0.15) is 20.7 Å². The van der Waals surface area contributed by atoms with Crippen LogP contribution in [0, 0.1) is 0 Å². The first-order valence-electron chi connectivity index (χ1n) is 5.75. The summed E-state index contributed by atoms with van der Waals surface area (Å²) in [6.45, 7) is -0.523. The van der Waals surface area contributed by atoms with Gasteiger partial charge in [-0.05, 0) is 17.5 Å². The van der Waals surface area contributed by atoms with Gasteiger partial charge in [0, 0.05) is 10.9 Å². The molecule has 0 saturated carbocycles. The third kappa shape index (κ3) is 2.59. The van der Waals surface area contributed by atoms with Crippen LogP contribution in [0.3, 0.4) is 0 Å². The van der Waals surface area contributed by atoms with Crippen molar-refractivity contribution in [3.05, 3.63) is 47.5 Å². The highest BCUT2D eigenvalue weighted by Crippen LogP contribution is 2.23. The quantitative estimate of drug-likeness (QED) is 0.780. The topological polar surface area (TPSA) is 104 Å². The van der Waals surface area contributed by atoms with Gasteiger partial charge in [-0.2, -0.15) is 0 Å². The Morgan fingerprint density at radius 3 is 2.10 bits per heavy atom. The molecular formula is C14H11NO5. The summed E-state index contributed by atoms with van der Waals surface area (Å²) in [6, 6.07) is 9.45. The highest BCUT2D eigenvalue weighted by Gasteiger charge is 2.16. The summed E-state index contributed by atoms with van der Waals surface area (Å²) < 4.78 is 0. The molecule has 0 fully saturated rings. The monoisotopic (exact) mass is 273 g/mol. The SMILES string of the molecule is O=C(O)CNC(=O)c1cccc2cccc(C(=O)O)c12. The van der Waals surface area contributed by atoms with Crippen molar-refractivity contribution in [2.45, 2.75) is 0 Å². The van der Waals surface area contributed by atoms with Gasteiger partial charge in [0.1, 0.15) is 6.54 Å². The molecule has 0 aliphatic heterocycles. The number of benzene rings is 2. The number of aliphatic carboxylic acids is 1. The highest BCUT2D eigenvalue weighted by molar-refractivity contribution is 6.14. The van der Waals surface area contributed by atoms with Gasteiger partial charge in [-0.1, -0.05) is 24.3 Å². The maximum absolute atomic E-state index is 12.0. The molecule has 0 saturated heterocycles. The molecule has 0 radical (unpaired) electrons. The lowest BCUT2D eigenvalue weighted by Gasteiger charge is -2.09. The van der Waals surface area contributed by atoms with E-state index in [0.29, 0.717) is 10.8 Å². The van der Waals surface area contributed by atoms with Crippen LogP contribution in [-0.2, 0) is 4.79 Å². The van der Waals surface area contributed by atoms with Crippen molar-refractivity contribution in [3.8, 4) is 0 Å². The van der Waals surface area contributed by atoms with Crippen LogP contribution in [0.2, 0.25) is 0 Å². The van der Waals surface area contributed by atoms with E-state index in [-0.39, 0.29) is 11.1 Å². The van der Waals surface area contributed by atoms with E-state index in [0.717, 1.165) is 0 Å². The van der Waals surface area contributed by atoms with Crippen molar-refractivity contribution in [2.24, 2.45) is 0 Å². The molecule has 2 rings (SSSR count). The Kier molecular flexibility index (Phi) is 3.65. The van der Waals surface area contributed by atoms with E-state index in [9.17, 15) is 19.5 Å². The number of carboxylic acid groups (broad SMARTS) is 2. The van der Waals surface area contributed by atoms with Crippen LogP contribution in [-0.4, -0.2) is 34.6 Å². The molecule has 2 aromatic rings. The molecule has 6 heteroatoms. The molecule has 0 atom stereocenters. The Morgan fingerprint density at radius 2 is 1.55 bits per heavy atom. The number of hydrogen-bond donors (Lipinski definition) is 3. The molecular weight excluding hydrogens is 262 g/mol. The van der Waals surface area contributed by atoms with E-state index in [2.05, 4.69) is 5.32 Å². The van der Waals surface area contributed by atoms with Crippen LogP contribution >= 0.6 is 0 Å². The fraction of sp³-hybridized carbons (Fsp3) is 0.0714. The predicted molar refractivity (Wildman–Crippen MR) is 70.9 cm³/mol. The Labute approximate surface area is 113 Å². The molecule has 3 N–H and O–H groups in total. The Morgan fingerprint density at radius 1 is 0.950 bits per heavy atom. The summed E-state index contributed by atoms with van der Waals surface area (Å²) in [6.07, 6.45) is 0. The number of fused-ring (bicyclic) bond motifs is 1. The number of aromatic carboxylic acids is 1. The lowest BCUT2D eigenvalue weighted by molar-refractivity contribution is -0.135. The van der Waals surface area contributed by atoms with Gasteiger partial charge in [0.05, 0.1) is 5.56 Å². The largest absolute Gasteiger partial charge is 0.480 e. The van der Waals surface area contributed by atoms with Gasteiger partial charge in [-0.15, -0.1) is 0 Å². The number of carboxylic acids is 2. The third-order valence-corrected chi connectivity index (χ3v) is 2.78. The minimum Gasteiger partial charge on any atom is -0.480 e. The summed E-state index contributed by atoms with van der Waals surface area (Å²) in [5.74, 6) is -2.93. The molecule has 0 aliphatic rings. The van der Waals surface area contributed by atoms with Gasteiger partial charge in [-0.3, -0.25) is 9.59 Å². The fourth-order valence-electron chi connectivity index (χ4n) is 1.96. The van der Waals surface area contributed by atoms with Crippen LogP contribution < -0.4 is 5.32 Å². The Balaban J connectivity index is 2.55. The zero-order valence-corrected chi connectivity index (χ0v) is 10.3. The normalized spacial score (nSPS) is 10.2. The van der Waals surface area contributed by atoms with Gasteiger partial charge < -0.3 is 15.5 Å². The maximum atomic E-state index is 12.0. The van der Waals surface area contributed by atoms with Gasteiger partial charge in [0.2, 0.25) is 0 Å². The summed E-state index contributed by atoms with van der Waals surface area (Å²) in [5.41, 5.74) is 0.144. The predicted octanol–water partition coefficient (Wildman–Crippen LogP) is 1.35. The van der Waals surface area contributed by atoms with E-state index in [4.69, 9.17) is 5.11 Å². The molecule has 0 aliphatic carbocycles. The van der Waals surface area contributed by atoms with Crippen molar-refractivity contribution >= 4 is 28.6 Å². The molecule has 2 aromatic carbocycles. The molecule has 0 unspecified atom stereocenters. The molecule has 6 nitrogen and oxygen atoms in total. The average molecular weight is 273 g/mol. The molecule has 0 heterocycles. The number of carbonyl (C=O) groups is 3. The van der Waals surface area contributed by atoms with E-state index in [1.165, 1.54) is 12.1 Å². The minimum atomic E-state index is -1.17. The van der Waals surface area contributed by atoms with Crippen molar-refractivity contribution in [3.63, 3.8) is 0 Å². The van der Waals surface area contributed by atoms with Gasteiger partial charge >= 0.3 is 11.9 Å². The number of hydrogen-bond acceptors (Lipinski definition) is 3. The lowest BCUT2D eigenvalue weighted by Crippen LogP contribution is -2.29. The maximum Gasteiger partial charge on any atom is 0.336 e. The summed E-state index contributed by atoms with van der Waals surface area (Å²) >= 11 is 0. The Bertz CT molecular complexity index is 703. The van der Waals surface area contributed by atoms with Gasteiger partial charge in [0.25, 0.3) is 5.91 Å². The number of amides is 1. The van der Waals surface area contributed by atoms with Crippen molar-refractivity contribution in [1.82, 2.24) is 5.32 Å². The number of rotatable bonds is 4. The van der Waals surface area contributed by atoms with Gasteiger partial charge in [0.15, 0.2) is 0 Å². The van der Waals surface area contributed by atoms with Crippen LogP contribution in [0.4, 0.5) is 0 Å². The highest BCUT2D eigenvalue weighted by atomic mass is 16.4. The van der Waals surface area contributed by atoms with E-state index < -0.39 is 24.4 Å². The first kappa shape index (κ1) is 13.5. The Hall–Kier alpha value is -2.89. The van der Waals surface area contributed by atoms with E-state index in [1.807, 2.05) is 0 Å². The lowest BCUT2D eigenvalue weighted by atomic mass is 9.98. The fourth-order valence-corrected chi connectivity index (χ4v) is 1.96. The molecule has 0 bridgehead atoms. The van der Waals surface area contributed by atoms with Gasteiger partial charge in [-0.25, -0.2) is 4.79 Å². The summed E-state index contributed by atoms with van der Waals surface area (Å²) in [5, 5.41) is 20.9. The standard InChI is InChI=1S/C14H11NO5/c16-11(17)7-15-13(18)9-5-1-3-8-4-2-6-10(12(8)9)14(19)20/h1-6H,7H2,(H,15,18)(H,16,17)(H,19,20). The molecule has 0 aromatic heterocycles. The number of nitrogens with one attached hydrogen (secondary N) is 1. The molecule has 1 amide bonds. The zero-order chi connectivity index (χ0) is 14.7. The van der Waals surface area contributed by atoms with E-state index >= 15 is 0 Å².